The van der Waals surface area contributed by atoms with Crippen LogP contribution in [0.25, 0.3) is 11.2 Å². The number of fused-ring (bicyclic) bond motifs is 1. The summed E-state index contributed by atoms with van der Waals surface area (Å²) in [6.07, 6.45) is -2.85. The summed E-state index contributed by atoms with van der Waals surface area (Å²) < 4.78 is 5.21. The van der Waals surface area contributed by atoms with Gasteiger partial charge in [-0.2, -0.15) is 4.98 Å². The summed E-state index contributed by atoms with van der Waals surface area (Å²) in [6, 6.07) is 2.75. The van der Waals surface area contributed by atoms with Gasteiger partial charge in [-0.1, -0.05) is 0 Å². The van der Waals surface area contributed by atoms with Crippen LogP contribution in [0.2, 0.25) is 0 Å². The van der Waals surface area contributed by atoms with Crippen LogP contribution in [-0.2, 0) is 54.4 Å². The van der Waals surface area contributed by atoms with E-state index in [0.717, 1.165) is 11.8 Å². The first kappa shape index (κ1) is 54.3. The van der Waals surface area contributed by atoms with E-state index < -0.39 is 150 Å². The standard InChI is InChI=1S/C41H48N10O16S3/c42-23(13-45-29(55)6-3-19(38(63)64)7-25(52)18-1-4-21(5-2-18)44-11-22-12-46-34-33(47-22)36(61)50-41(43)49-34)35(60)48-24(9-31(57)58)26(53)8-20(39(65)66)15-69-28-10-30(56)51(37(28)62)14-32(59)67-40-27(54)16-68-17-70-40/h1-2,4-5,12,19-20,23-24,27-28,40,44,54H,3,6-11,13-17,42H2,(H,45,55)(H,48,60)(H,57,58)(H,63,64)(H,65,66)(H3,43,46,49,50,61)/t19-,20+,23+,24+,27-,28?,40-/m0/s1. The van der Waals surface area contributed by atoms with Crippen molar-refractivity contribution in [2.45, 2.75) is 73.9 Å². The number of nitrogens with zero attached hydrogens (tertiary/aromatic N) is 4. The molecular formula is C41H48N10O16S3. The lowest BCUT2D eigenvalue weighted by Gasteiger charge is -2.27. The minimum Gasteiger partial charge on any atom is -0.481 e. The largest absolute Gasteiger partial charge is 0.481 e. The number of aliphatic hydroxyl groups excluding tert-OH is 1. The number of carboxylic acids is 3. The summed E-state index contributed by atoms with van der Waals surface area (Å²) in [5.74, 6) is -13.2. The number of thioether (sulfide) groups is 3. The van der Waals surface area contributed by atoms with Crippen molar-refractivity contribution in [2.75, 3.05) is 40.7 Å². The second-order valence-electron chi connectivity index (χ2n) is 15.8. The summed E-state index contributed by atoms with van der Waals surface area (Å²) in [4.78, 5) is 153. The monoisotopic (exact) mass is 1030 g/mol. The number of carbonyl (C=O) groups excluding carboxylic acids is 7. The van der Waals surface area contributed by atoms with Crippen LogP contribution in [0.15, 0.2) is 35.3 Å². The molecule has 0 radical (unpaired) electrons. The number of aliphatic carboxylic acids is 3. The number of amides is 4. The van der Waals surface area contributed by atoms with E-state index in [2.05, 4.69) is 35.9 Å². The number of esters is 1. The molecule has 0 bridgehead atoms. The van der Waals surface area contributed by atoms with E-state index in [-0.39, 0.29) is 42.1 Å². The number of nitrogens with one attached hydrogen (secondary N) is 4. The van der Waals surface area contributed by atoms with Crippen LogP contribution in [0.5, 0.6) is 0 Å². The Morgan fingerprint density at radius 3 is 2.36 bits per heavy atom. The van der Waals surface area contributed by atoms with Crippen LogP contribution in [0.1, 0.15) is 54.6 Å². The van der Waals surface area contributed by atoms with Crippen LogP contribution >= 0.6 is 35.3 Å². The highest BCUT2D eigenvalue weighted by Gasteiger charge is 2.42. The van der Waals surface area contributed by atoms with Gasteiger partial charge in [0, 0.05) is 60.1 Å². The number of Topliss-reactive ketones (excluding diaryl/α,β-unsaturated/α-hetero) is 2. The lowest BCUT2D eigenvalue weighted by Crippen LogP contribution is -2.53. The van der Waals surface area contributed by atoms with E-state index in [1.54, 1.807) is 12.1 Å². The molecule has 12 N–H and O–H groups in total. The molecular weight excluding hydrogens is 985 g/mol. The molecule has 3 aromatic rings. The van der Waals surface area contributed by atoms with Crippen molar-refractivity contribution in [3.8, 4) is 0 Å². The van der Waals surface area contributed by atoms with Crippen molar-refractivity contribution in [1.29, 1.82) is 0 Å². The summed E-state index contributed by atoms with van der Waals surface area (Å²) in [5, 5.41) is 46.2. The molecule has 0 spiro atoms. The quantitative estimate of drug-likeness (QED) is 0.0250. The van der Waals surface area contributed by atoms with Gasteiger partial charge in [-0.15, -0.1) is 35.3 Å². The summed E-state index contributed by atoms with van der Waals surface area (Å²) in [6.45, 7) is -1.13. The SMILES string of the molecule is Nc1nc2ncc(CNc3ccc(C(=O)C[C@H](CCC(=O)NC[C@@H](N)C(=O)N[C@H](CC(=O)O)C(=O)C[C@H](CSC4CC(=O)N(CC(=O)O[C@H]5SCSC[C@@H]5O)C4=O)C(=O)O)C(=O)O)cc3)nc2c(=O)[nH]1. The number of aromatic nitrogens is 4. The molecule has 2 aromatic heterocycles. The maximum absolute atomic E-state index is 13.2. The van der Waals surface area contributed by atoms with Crippen molar-refractivity contribution in [1.82, 2.24) is 35.5 Å². The molecule has 1 unspecified atom stereocenters. The molecule has 4 heterocycles. The molecule has 2 saturated heterocycles. The molecule has 4 amide bonds. The number of carbonyl (C=O) groups is 10. The fourth-order valence-electron chi connectivity index (χ4n) is 6.75. The number of ketones is 2. The number of carboxylic acid groups (broad SMARTS) is 3. The highest BCUT2D eigenvalue weighted by molar-refractivity contribution is 8.16. The first-order valence-electron chi connectivity index (χ1n) is 21.1. The molecule has 5 rings (SSSR count). The lowest BCUT2D eigenvalue weighted by atomic mass is 9.94. The second kappa shape index (κ2) is 25.3. The molecule has 0 saturated carbocycles. The number of nitrogens with two attached hydrogens (primary N) is 2. The Balaban J connectivity index is 1.04. The zero-order valence-electron chi connectivity index (χ0n) is 36.8. The number of likely N-dealkylation sites (tertiary alicyclic amines) is 1. The number of aromatic amines is 1. The maximum Gasteiger partial charge on any atom is 0.327 e. The van der Waals surface area contributed by atoms with Gasteiger partial charge < -0.3 is 52.6 Å². The summed E-state index contributed by atoms with van der Waals surface area (Å²) >= 11 is 3.35. The third-order valence-corrected chi connectivity index (χ3v) is 14.5. The van der Waals surface area contributed by atoms with Gasteiger partial charge >= 0.3 is 23.9 Å². The Morgan fingerprint density at radius 1 is 0.971 bits per heavy atom. The maximum atomic E-state index is 13.2. The van der Waals surface area contributed by atoms with E-state index in [0.29, 0.717) is 27.1 Å². The Bertz CT molecular complexity index is 2570. The average Bonchev–Trinajstić information content (AvgIpc) is 3.57. The van der Waals surface area contributed by atoms with Gasteiger partial charge in [0.1, 0.15) is 18.7 Å². The first-order valence-corrected chi connectivity index (χ1v) is 24.4. The molecule has 2 fully saturated rings. The molecule has 29 heteroatoms. The van der Waals surface area contributed by atoms with Crippen LogP contribution in [0.3, 0.4) is 0 Å². The highest BCUT2D eigenvalue weighted by atomic mass is 32.2. The van der Waals surface area contributed by atoms with Crippen LogP contribution < -0.4 is 33.0 Å². The zero-order valence-corrected chi connectivity index (χ0v) is 39.2. The van der Waals surface area contributed by atoms with Crippen LogP contribution in [0.4, 0.5) is 11.6 Å². The number of hydrogen-bond donors (Lipinski definition) is 10. The van der Waals surface area contributed by atoms with Gasteiger partial charge in [0.15, 0.2) is 28.2 Å². The van der Waals surface area contributed by atoms with Gasteiger partial charge in [-0.25, -0.2) is 9.97 Å². The summed E-state index contributed by atoms with van der Waals surface area (Å²) in [7, 11) is 0. The number of ether oxygens (including phenoxy) is 1. The third-order valence-electron chi connectivity index (χ3n) is 10.6. The van der Waals surface area contributed by atoms with E-state index >= 15 is 0 Å². The van der Waals surface area contributed by atoms with Gasteiger partial charge in [-0.05, 0) is 30.7 Å². The Labute approximate surface area is 408 Å². The molecule has 26 nitrogen and oxygen atoms in total. The molecule has 2 aliphatic heterocycles. The second-order valence-corrected chi connectivity index (χ2v) is 19.5. The molecule has 7 atom stereocenters. The predicted octanol–water partition coefficient (Wildman–Crippen LogP) is -1.45. The fraction of sp³-hybridized carbons (Fsp3) is 0.463. The van der Waals surface area contributed by atoms with E-state index in [4.69, 9.17) is 16.2 Å². The van der Waals surface area contributed by atoms with Crippen LogP contribution in [-0.4, -0.2) is 163 Å². The molecule has 2 aliphatic rings. The van der Waals surface area contributed by atoms with Crippen molar-refractivity contribution in [3.05, 3.63) is 52.1 Å². The number of anilines is 2. The predicted molar refractivity (Wildman–Crippen MR) is 250 cm³/mol. The Kier molecular flexibility index (Phi) is 19.6. The number of benzene rings is 1. The van der Waals surface area contributed by atoms with Gasteiger partial charge in [0.2, 0.25) is 29.6 Å². The zero-order chi connectivity index (χ0) is 51.2. The van der Waals surface area contributed by atoms with Crippen molar-refractivity contribution in [3.63, 3.8) is 0 Å². The van der Waals surface area contributed by atoms with Gasteiger partial charge in [0.05, 0.1) is 48.0 Å². The lowest BCUT2D eigenvalue weighted by molar-refractivity contribution is -0.155. The Hall–Kier alpha value is -6.69. The highest BCUT2D eigenvalue weighted by Crippen LogP contribution is 2.31. The number of aliphatic hydroxyl groups is 1. The summed E-state index contributed by atoms with van der Waals surface area (Å²) in [5.41, 5.74) is 11.2. The van der Waals surface area contributed by atoms with Crippen molar-refractivity contribution in [2.24, 2.45) is 17.6 Å². The molecule has 376 valence electrons. The van der Waals surface area contributed by atoms with Gasteiger partial charge in [0.25, 0.3) is 5.56 Å². The average molecular weight is 1030 g/mol. The van der Waals surface area contributed by atoms with Crippen molar-refractivity contribution >= 4 is 117 Å². The topological polar surface area (TPSA) is 424 Å². The number of rotatable bonds is 26. The van der Waals surface area contributed by atoms with Gasteiger partial charge in [-0.3, -0.25) is 62.6 Å². The van der Waals surface area contributed by atoms with E-state index in [1.807, 2.05) is 0 Å². The molecule has 0 aliphatic carbocycles. The van der Waals surface area contributed by atoms with E-state index in [9.17, 15) is 73.2 Å². The molecule has 70 heavy (non-hydrogen) atoms. The smallest absolute Gasteiger partial charge is 0.327 e. The van der Waals surface area contributed by atoms with Crippen LogP contribution in [0, 0.1) is 11.8 Å². The van der Waals surface area contributed by atoms with Crippen molar-refractivity contribution < 1.29 is 73.1 Å². The first-order chi connectivity index (χ1) is 33.2. The number of H-pyrrole nitrogens is 1. The number of imide groups is 1. The molecule has 1 aromatic carbocycles. The van der Waals surface area contributed by atoms with E-state index in [1.165, 1.54) is 41.9 Å². The number of hydrogen-bond acceptors (Lipinski definition) is 22. The fourth-order valence-corrected chi connectivity index (χ4v) is 10.3. The normalized spacial score (nSPS) is 18.5. The number of nitrogen functional groups attached to an aromatic ring is 1. The Morgan fingerprint density at radius 2 is 1.69 bits per heavy atom. The minimum atomic E-state index is -1.77. The minimum absolute atomic E-state index is 0.00239. The third kappa shape index (κ3) is 15.7.